The Morgan fingerprint density at radius 3 is 2.43 bits per heavy atom. The van der Waals surface area contributed by atoms with Crippen LogP contribution in [0.5, 0.6) is 11.5 Å². The third kappa shape index (κ3) is 3.02. The first-order valence-electron chi connectivity index (χ1n) is 7.14. The van der Waals surface area contributed by atoms with Crippen LogP contribution in [0, 0.1) is 0 Å². The lowest BCUT2D eigenvalue weighted by Gasteiger charge is -2.37. The second kappa shape index (κ2) is 6.74. The van der Waals surface area contributed by atoms with Gasteiger partial charge in [0.2, 0.25) is 0 Å². The van der Waals surface area contributed by atoms with Crippen molar-refractivity contribution in [2.45, 2.75) is 25.4 Å². The highest BCUT2D eigenvalue weighted by Gasteiger charge is 2.40. The van der Waals surface area contributed by atoms with E-state index in [-0.39, 0.29) is 13.0 Å². The van der Waals surface area contributed by atoms with E-state index < -0.39 is 24.1 Å². The van der Waals surface area contributed by atoms with Crippen molar-refractivity contribution < 1.29 is 28.9 Å². The topological polar surface area (TPSA) is 111 Å². The van der Waals surface area contributed by atoms with E-state index >= 15 is 0 Å². The summed E-state index contributed by atoms with van der Waals surface area (Å²) in [6, 6.07) is 1.55. The maximum Gasteiger partial charge on any atom is 0.415 e. The number of carboxylic acids is 1. The largest absolute Gasteiger partial charge is 0.493 e. The van der Waals surface area contributed by atoms with E-state index in [2.05, 4.69) is 0 Å². The third-order valence-corrected chi connectivity index (χ3v) is 3.73. The maximum absolute atomic E-state index is 12.3. The average Bonchev–Trinajstić information content (AvgIpc) is 2.53. The predicted molar refractivity (Wildman–Crippen MR) is 82.0 cm³/mol. The summed E-state index contributed by atoms with van der Waals surface area (Å²) in [5.41, 5.74) is 7.05. The van der Waals surface area contributed by atoms with Crippen molar-refractivity contribution in [2.75, 3.05) is 25.7 Å². The SMILES string of the molecule is CCOC(=O)N1c2cc(OC)c(OC)cc2[C@@H](N)C[C@@H]1C(=O)O. The number of hydrogen-bond acceptors (Lipinski definition) is 6. The van der Waals surface area contributed by atoms with E-state index in [0.717, 1.165) is 4.90 Å². The molecule has 0 aromatic heterocycles. The summed E-state index contributed by atoms with van der Waals surface area (Å²) >= 11 is 0. The Hall–Kier alpha value is -2.48. The molecule has 0 fully saturated rings. The van der Waals surface area contributed by atoms with Gasteiger partial charge in [0, 0.05) is 12.1 Å². The van der Waals surface area contributed by atoms with Gasteiger partial charge in [-0.05, 0) is 25.0 Å². The molecule has 1 amide bonds. The van der Waals surface area contributed by atoms with E-state index in [1.54, 1.807) is 19.1 Å². The molecule has 1 aliphatic heterocycles. The summed E-state index contributed by atoms with van der Waals surface area (Å²) in [7, 11) is 2.94. The third-order valence-electron chi connectivity index (χ3n) is 3.73. The molecule has 1 aliphatic rings. The molecule has 0 aliphatic carbocycles. The van der Waals surface area contributed by atoms with Gasteiger partial charge in [-0.25, -0.2) is 9.59 Å². The Labute approximate surface area is 133 Å². The Kier molecular flexibility index (Phi) is 4.95. The summed E-state index contributed by atoms with van der Waals surface area (Å²) in [5, 5.41) is 9.44. The van der Waals surface area contributed by atoms with Gasteiger partial charge in [0.25, 0.3) is 0 Å². The van der Waals surface area contributed by atoms with Gasteiger partial charge in [-0.2, -0.15) is 0 Å². The molecule has 1 aromatic rings. The van der Waals surface area contributed by atoms with Gasteiger partial charge >= 0.3 is 12.1 Å². The average molecular weight is 324 g/mol. The van der Waals surface area contributed by atoms with Gasteiger partial charge < -0.3 is 25.1 Å². The summed E-state index contributed by atoms with van der Waals surface area (Å²) in [6.07, 6.45) is -0.656. The van der Waals surface area contributed by atoms with Crippen molar-refractivity contribution in [2.24, 2.45) is 5.73 Å². The number of anilines is 1. The van der Waals surface area contributed by atoms with Crippen molar-refractivity contribution in [3.63, 3.8) is 0 Å². The van der Waals surface area contributed by atoms with Crippen molar-refractivity contribution in [1.82, 2.24) is 0 Å². The number of carboxylic acid groups (broad SMARTS) is 1. The zero-order valence-electron chi connectivity index (χ0n) is 13.2. The molecule has 126 valence electrons. The molecule has 1 aromatic carbocycles. The van der Waals surface area contributed by atoms with Crippen LogP contribution >= 0.6 is 0 Å². The molecule has 8 nitrogen and oxygen atoms in total. The lowest BCUT2D eigenvalue weighted by atomic mass is 9.91. The van der Waals surface area contributed by atoms with E-state index in [4.69, 9.17) is 19.9 Å². The summed E-state index contributed by atoms with van der Waals surface area (Å²) in [6.45, 7) is 1.79. The predicted octanol–water partition coefficient (Wildman–Crippen LogP) is 1.52. The lowest BCUT2D eigenvalue weighted by Crippen LogP contribution is -2.50. The normalized spacial score (nSPS) is 19.7. The summed E-state index contributed by atoms with van der Waals surface area (Å²) in [5.74, 6) is -0.313. The summed E-state index contributed by atoms with van der Waals surface area (Å²) < 4.78 is 15.5. The van der Waals surface area contributed by atoms with Crippen LogP contribution < -0.4 is 20.1 Å². The van der Waals surface area contributed by atoms with Crippen molar-refractivity contribution in [3.8, 4) is 11.5 Å². The number of benzene rings is 1. The summed E-state index contributed by atoms with van der Waals surface area (Å²) in [4.78, 5) is 24.9. The molecule has 0 radical (unpaired) electrons. The number of amides is 1. The molecule has 0 saturated carbocycles. The molecular formula is C15H20N2O6. The monoisotopic (exact) mass is 324 g/mol. The first-order chi connectivity index (χ1) is 10.9. The highest BCUT2D eigenvalue weighted by molar-refractivity contribution is 5.97. The highest BCUT2D eigenvalue weighted by Crippen LogP contribution is 2.43. The molecule has 23 heavy (non-hydrogen) atoms. The molecule has 0 spiro atoms. The van der Waals surface area contributed by atoms with Crippen LogP contribution in [0.25, 0.3) is 0 Å². The van der Waals surface area contributed by atoms with E-state index in [1.807, 2.05) is 0 Å². The Bertz CT molecular complexity index is 618. The molecule has 0 bridgehead atoms. The van der Waals surface area contributed by atoms with Crippen molar-refractivity contribution >= 4 is 17.7 Å². The maximum atomic E-state index is 12.3. The second-order valence-electron chi connectivity index (χ2n) is 5.03. The van der Waals surface area contributed by atoms with Gasteiger partial charge in [-0.15, -0.1) is 0 Å². The number of nitrogens with zero attached hydrogens (tertiary/aromatic N) is 1. The standard InChI is InChI=1S/C15H20N2O6/c1-4-23-15(20)17-10-7-13(22-3)12(21-2)5-8(10)9(16)6-11(17)14(18)19/h5,7,9,11H,4,6,16H2,1-3H3,(H,18,19)/t9-,11+/m0/s1. The fraction of sp³-hybridized carbons (Fsp3) is 0.467. The second-order valence-corrected chi connectivity index (χ2v) is 5.03. The molecule has 0 saturated heterocycles. The van der Waals surface area contributed by atoms with Crippen LogP contribution in [0.15, 0.2) is 12.1 Å². The lowest BCUT2D eigenvalue weighted by molar-refractivity contribution is -0.139. The number of rotatable bonds is 4. The molecular weight excluding hydrogens is 304 g/mol. The number of nitrogens with two attached hydrogens (primary N) is 1. The van der Waals surface area contributed by atoms with Crippen LogP contribution in [0.1, 0.15) is 24.9 Å². The van der Waals surface area contributed by atoms with Gasteiger partial charge in [0.05, 0.1) is 26.5 Å². The Balaban J connectivity index is 2.61. The Morgan fingerprint density at radius 2 is 1.91 bits per heavy atom. The van der Waals surface area contributed by atoms with Crippen molar-refractivity contribution in [1.29, 1.82) is 0 Å². The minimum atomic E-state index is -1.14. The van der Waals surface area contributed by atoms with Gasteiger partial charge in [-0.1, -0.05) is 0 Å². The molecule has 3 N–H and O–H groups in total. The van der Waals surface area contributed by atoms with Crippen LogP contribution in [-0.2, 0) is 9.53 Å². The number of carbonyl (C=O) groups is 2. The zero-order valence-corrected chi connectivity index (χ0v) is 13.2. The number of methoxy groups -OCH3 is 2. The van der Waals surface area contributed by atoms with Gasteiger partial charge in [0.1, 0.15) is 6.04 Å². The van der Waals surface area contributed by atoms with Gasteiger partial charge in [0.15, 0.2) is 11.5 Å². The zero-order chi connectivity index (χ0) is 17.1. The minimum Gasteiger partial charge on any atom is -0.493 e. The van der Waals surface area contributed by atoms with Crippen molar-refractivity contribution in [3.05, 3.63) is 17.7 Å². The minimum absolute atomic E-state index is 0.0800. The number of aliphatic carboxylic acids is 1. The smallest absolute Gasteiger partial charge is 0.415 e. The quantitative estimate of drug-likeness (QED) is 0.863. The highest BCUT2D eigenvalue weighted by atomic mass is 16.6. The first-order valence-corrected chi connectivity index (χ1v) is 7.14. The van der Waals surface area contributed by atoms with Crippen LogP contribution in [0.3, 0.4) is 0 Å². The van der Waals surface area contributed by atoms with E-state index in [9.17, 15) is 14.7 Å². The fourth-order valence-electron chi connectivity index (χ4n) is 2.66. The number of hydrogen-bond donors (Lipinski definition) is 2. The fourth-order valence-corrected chi connectivity index (χ4v) is 2.66. The molecule has 2 rings (SSSR count). The molecule has 1 heterocycles. The number of fused-ring (bicyclic) bond motifs is 1. The Morgan fingerprint density at radius 1 is 1.30 bits per heavy atom. The van der Waals surface area contributed by atoms with Gasteiger partial charge in [-0.3, -0.25) is 4.90 Å². The molecule has 2 atom stereocenters. The van der Waals surface area contributed by atoms with Crippen LogP contribution in [0.4, 0.5) is 10.5 Å². The molecule has 0 unspecified atom stereocenters. The van der Waals surface area contributed by atoms with E-state index in [0.29, 0.717) is 22.7 Å². The first kappa shape index (κ1) is 16.9. The van der Waals surface area contributed by atoms with Crippen LogP contribution in [-0.4, -0.2) is 44.0 Å². The number of carbonyl (C=O) groups excluding carboxylic acids is 1. The van der Waals surface area contributed by atoms with Crippen LogP contribution in [0.2, 0.25) is 0 Å². The van der Waals surface area contributed by atoms with E-state index in [1.165, 1.54) is 14.2 Å². The molecule has 8 heteroatoms. The number of ether oxygens (including phenoxy) is 3.